The first kappa shape index (κ1) is 115. The van der Waals surface area contributed by atoms with Gasteiger partial charge in [0.2, 0.25) is 27.6 Å². The zero-order valence-corrected chi connectivity index (χ0v) is 84.7. The van der Waals surface area contributed by atoms with E-state index in [4.69, 9.17) is 93.5 Å². The van der Waals surface area contributed by atoms with Crippen LogP contribution in [0.15, 0.2) is 232 Å². The number of aromatic carboxylic acids is 1. The average Bonchev–Trinajstić information content (AvgIpc) is 1.68. The minimum atomic E-state index is -1.12. The van der Waals surface area contributed by atoms with Gasteiger partial charge in [-0.15, -0.1) is 0 Å². The number of nitrogens with one attached hydrogen (secondary N) is 5. The van der Waals surface area contributed by atoms with Crippen LogP contribution in [0.5, 0.6) is 11.5 Å². The molecule has 39 nitrogen and oxygen atoms in total. The number of esters is 2. The number of nitriles is 1. The molecule has 147 heavy (non-hydrogen) atoms. The van der Waals surface area contributed by atoms with E-state index in [1.54, 1.807) is 20.8 Å². The van der Waals surface area contributed by atoms with Gasteiger partial charge in [-0.05, 0) is 247 Å². The summed E-state index contributed by atoms with van der Waals surface area (Å²) in [6.07, 6.45) is 21.8. The van der Waals surface area contributed by atoms with Gasteiger partial charge in [0.05, 0.1) is 13.2 Å². The normalized spacial score (nSPS) is 11.6. The van der Waals surface area contributed by atoms with Crippen LogP contribution in [0.4, 0.5) is 69.0 Å². The minimum Gasteiger partial charge on any atom is -0.870 e. The predicted octanol–water partition coefficient (Wildman–Crippen LogP) is 15.8. The smallest absolute Gasteiger partial charge is 0.870 e. The fourth-order valence-corrected chi connectivity index (χ4v) is 15.6. The number of benzene rings is 7. The molecule has 0 bridgehead atoms. The number of Topliss-reactive ketones (excluding diaryl/α,β-unsaturated/α-hetero) is 1. The van der Waals surface area contributed by atoms with Crippen molar-refractivity contribution in [2.24, 2.45) is 46.7 Å². The van der Waals surface area contributed by atoms with Gasteiger partial charge in [-0.2, -0.15) is 20.2 Å². The van der Waals surface area contributed by atoms with Crippen molar-refractivity contribution in [2.75, 3.05) is 104 Å². The van der Waals surface area contributed by atoms with Crippen LogP contribution >= 0.6 is 46.4 Å². The maximum absolute atomic E-state index is 12.0. The molecule has 0 atom stereocenters. The molecular formula is C103H112Cl4LiN27O12. The maximum Gasteiger partial charge on any atom is 1.00 e. The number of anilines is 12. The Bertz CT molecular complexity index is 7270. The van der Waals surface area contributed by atoms with E-state index in [-0.39, 0.29) is 99.6 Å². The van der Waals surface area contributed by atoms with Crippen LogP contribution < -0.4 is 77.9 Å². The molecule has 7 aromatic carbocycles. The molecule has 2 saturated heterocycles. The second-order valence-electron chi connectivity index (χ2n) is 32.3. The number of hydrogen-bond acceptors (Lipinski definition) is 31. The third kappa shape index (κ3) is 32.0. The number of aromatic nitrogens is 15. The van der Waals surface area contributed by atoms with E-state index in [9.17, 15) is 33.9 Å². The number of carbonyl (C=O) groups is 6. The Labute approximate surface area is 879 Å². The van der Waals surface area contributed by atoms with Crippen LogP contribution in [-0.2, 0) is 49.5 Å². The molecule has 12 heterocycles. The number of likely N-dealkylation sites (tertiary alicyclic amines) is 2. The third-order valence-corrected chi connectivity index (χ3v) is 23.1. The van der Waals surface area contributed by atoms with Gasteiger partial charge in [-0.3, -0.25) is 24.2 Å². The molecule has 0 unspecified atom stereocenters. The van der Waals surface area contributed by atoms with Gasteiger partial charge >= 0.3 is 36.8 Å². The Morgan fingerprint density at radius 2 is 0.762 bits per heavy atom. The zero-order chi connectivity index (χ0) is 103. The summed E-state index contributed by atoms with van der Waals surface area (Å²) in [6, 6.07) is 55.9. The molecule has 760 valence electrons. The van der Waals surface area contributed by atoms with Crippen molar-refractivity contribution in [2.45, 2.75) is 60.8 Å². The second kappa shape index (κ2) is 55.7. The summed E-state index contributed by atoms with van der Waals surface area (Å²) in [6.45, 7) is 15.2. The Morgan fingerprint density at radius 3 is 1.14 bits per heavy atom. The van der Waals surface area contributed by atoms with Crippen LogP contribution in [0.2, 0.25) is 21.0 Å². The number of rotatable bonds is 25. The molecule has 19 rings (SSSR count). The van der Waals surface area contributed by atoms with E-state index in [0.29, 0.717) is 35.8 Å². The number of ketones is 1. The summed E-state index contributed by atoms with van der Waals surface area (Å²) in [5.74, 6) is 0.130. The molecule has 0 saturated carbocycles. The quantitative estimate of drug-likeness (QED) is 0.00634. The molecule has 44 heteroatoms. The monoisotopic (exact) mass is 2070 g/mol. The molecule has 0 spiro atoms. The molecule has 2 amide bonds. The zero-order valence-electron chi connectivity index (χ0n) is 81.7. The summed E-state index contributed by atoms with van der Waals surface area (Å²) >= 11 is 22.7. The molecule has 2 fully saturated rings. The fourth-order valence-electron chi connectivity index (χ4n) is 15.0. The standard InChI is InChI=1S/C26H29N7O2.C16H15ClN4O2.C15H15N5O.C14H11ClN4O2.C12H18N2O.C9H10N2.C7H6Cl2N2O2.C3H3NO.CH4.Li.H2O/c1-32-14-11-20-22(5-4-6-23(20)32)30-25-21(24(27)34)17-28-26(31-25)29-18-7-9-19(10-8-18)35-16-15-33-12-2-3-13-33;1-3-23-15(22)11-9-18-16(17)20-14(11)19-12-5-4-6-13-10(12)7-8-21(13)2;1-9-17-8-11(14(16)21)15(18-9)19-12-4-3-5-13-10(12)6-7-20(13)2;1-19-6-5-8-10(3-2-4-11(8)19)17-12-9(13(20)21)7-16-14(15)18-12;13-11-3-5-12(6-4-11)15-10-9-14-7-1-2-8-14;1-11-6-5-7-8(10)3-2-4-9(7)11;1-2-13-6(12)4-3-10-7(9)11-5(4)8;1-3(5)2-4;;;/h4-11,14,17H,2-3,12-13,15-16H2,1H3,(H2,27,34)(H2,28,29,30,31);4-9H,3H2,1-2H3,(H,18,19,20);3-8H,1-2H3,(H2,16,21)(H,17,18,19);2-7H,1H3,(H,20,21)(H,16,17,18);3-6H,1-2,7-10,13H2;2-6H,10H2,1H3;3H,2H2,1H3;1H3;1H4;;1H2/q;;;;;;;;;+1;/p-1. The van der Waals surface area contributed by atoms with Gasteiger partial charge < -0.3 is 102 Å². The van der Waals surface area contributed by atoms with Crippen molar-refractivity contribution in [3.05, 3.63) is 286 Å². The van der Waals surface area contributed by atoms with E-state index in [1.165, 1.54) is 88.3 Å². The number of carboxylic acid groups (broad SMARTS) is 1. The largest absolute Gasteiger partial charge is 1.00 e. The number of nitrogens with zero attached hydrogens (tertiary/aromatic N) is 18. The van der Waals surface area contributed by atoms with Crippen LogP contribution in [0.1, 0.15) is 111 Å². The van der Waals surface area contributed by atoms with Crippen LogP contribution in [-0.4, -0.2) is 194 Å². The van der Waals surface area contributed by atoms with Crippen molar-refractivity contribution in [1.82, 2.24) is 82.5 Å². The molecule has 15 N–H and O–H groups in total. The number of carbonyl (C=O) groups excluding carboxylic acids is 5. The first-order valence-corrected chi connectivity index (χ1v) is 46.8. The third-order valence-electron chi connectivity index (χ3n) is 22.3. The minimum absolute atomic E-state index is 0. The van der Waals surface area contributed by atoms with Crippen molar-refractivity contribution < 1.29 is 77.2 Å². The maximum atomic E-state index is 12.0. The summed E-state index contributed by atoms with van der Waals surface area (Å²) in [7, 11) is 9.89. The summed E-state index contributed by atoms with van der Waals surface area (Å²) in [5.41, 5.74) is 34.2. The number of nitrogens with two attached hydrogens (primary N) is 4. The number of primary amides is 2. The van der Waals surface area contributed by atoms with E-state index in [2.05, 4.69) is 96.9 Å². The van der Waals surface area contributed by atoms with Crippen molar-refractivity contribution >= 4 is 205 Å². The molecule has 17 aromatic rings. The van der Waals surface area contributed by atoms with Crippen LogP contribution in [0, 0.1) is 18.3 Å². The van der Waals surface area contributed by atoms with Gasteiger partial charge in [0, 0.05) is 212 Å². The first-order chi connectivity index (χ1) is 69.3. The number of halogens is 4. The number of ether oxygens (including phenoxy) is 4. The number of amides is 2. The first-order valence-electron chi connectivity index (χ1n) is 45.3. The molecule has 2 aliphatic rings. The van der Waals surface area contributed by atoms with E-state index in [0.717, 1.165) is 133 Å². The van der Waals surface area contributed by atoms with Gasteiger partial charge in [0.1, 0.15) is 92.8 Å². The Morgan fingerprint density at radius 1 is 0.429 bits per heavy atom. The average molecular weight is 2070 g/mol. The summed E-state index contributed by atoms with van der Waals surface area (Å²) in [5, 5.41) is 37.8. The number of aryl methyl sites for hydroxylation is 6. The number of carboxylic acids is 1. The summed E-state index contributed by atoms with van der Waals surface area (Å²) < 4.78 is 31.3. The topological polar surface area (TPSA) is 538 Å². The van der Waals surface area contributed by atoms with Crippen molar-refractivity contribution in [1.29, 1.82) is 5.26 Å². The second-order valence-corrected chi connectivity index (χ2v) is 33.7. The molecule has 10 aromatic heterocycles. The number of hydrogen-bond donors (Lipinski definition) is 10. The Balaban J connectivity index is 0.000000194. The predicted molar refractivity (Wildman–Crippen MR) is 571 cm³/mol. The molecule has 2 aliphatic heterocycles. The SMILES string of the molecule is C.CC(=O)C#N.CCOC(=O)c1cnc(Cl)nc1Cl.CCOC(=O)c1cnc(Cl)nc1Nc1cccc2c1ccn2C.Cc1ncc(C(N)=O)c(Nc2cccc3c2ccn3C)n1.Cn1ccc2c(N)cccc21.Cn1ccc2c(Nc3nc(Cl)ncc3C(=O)O)cccc21.Cn1ccc2c(Nc3nc(Nc4ccc(OCCN5CCCC5)cc4)ncc3C(N)=O)cccc21.Nc1ccc(OCCN2CCCC2)cc1.[Li+].[OH-]. The van der Waals surface area contributed by atoms with Gasteiger partial charge in [0.15, 0.2) is 0 Å². The molecule has 0 radical (unpaired) electrons. The van der Waals surface area contributed by atoms with Crippen molar-refractivity contribution in [3.63, 3.8) is 0 Å². The fraction of sp³-hybridized carbons (Fsp3) is 0.233. The van der Waals surface area contributed by atoms with Crippen LogP contribution in [0.3, 0.4) is 0 Å². The van der Waals surface area contributed by atoms with E-state index in [1.807, 2.05) is 248 Å². The molecule has 0 aliphatic carbocycles. The van der Waals surface area contributed by atoms with Crippen molar-refractivity contribution in [3.8, 4) is 17.6 Å². The van der Waals surface area contributed by atoms with Gasteiger partial charge in [-0.1, -0.05) is 49.4 Å². The molecular weight excluding hydrogens is 1960 g/mol. The van der Waals surface area contributed by atoms with Gasteiger partial charge in [0.25, 0.3) is 11.8 Å². The van der Waals surface area contributed by atoms with E-state index >= 15 is 0 Å². The van der Waals surface area contributed by atoms with E-state index < -0.39 is 35.5 Å². The number of fused-ring (bicyclic) bond motifs is 5. The summed E-state index contributed by atoms with van der Waals surface area (Å²) in [4.78, 5) is 112. The van der Waals surface area contributed by atoms with Gasteiger partial charge in [-0.25, -0.2) is 49.3 Å². The number of nitrogen functional groups attached to an aromatic ring is 2. The van der Waals surface area contributed by atoms with Crippen LogP contribution in [0.25, 0.3) is 54.5 Å². The Hall–Kier alpha value is -16.0. The Kier molecular flexibility index (Phi) is 43.4.